The summed E-state index contributed by atoms with van der Waals surface area (Å²) in [7, 11) is 0. The van der Waals surface area contributed by atoms with Crippen molar-refractivity contribution >= 4 is 16.7 Å². The summed E-state index contributed by atoms with van der Waals surface area (Å²) in [4.78, 5) is 31.4. The highest BCUT2D eigenvalue weighted by atomic mass is 16.7. The molecule has 31 heavy (non-hydrogen) atoms. The lowest BCUT2D eigenvalue weighted by molar-refractivity contribution is 0.0716. The Balaban J connectivity index is 0.000000785. The third kappa shape index (κ3) is 6.99. The Morgan fingerprint density at radius 1 is 1.00 bits per heavy atom. The van der Waals surface area contributed by atoms with Crippen molar-refractivity contribution in [2.45, 2.75) is 53.6 Å². The maximum absolute atomic E-state index is 12.9. The van der Waals surface area contributed by atoms with E-state index in [1.807, 2.05) is 42.5 Å². The molecule has 1 unspecified atom stereocenters. The van der Waals surface area contributed by atoms with Gasteiger partial charge in [0.05, 0.1) is 5.39 Å². The van der Waals surface area contributed by atoms with Gasteiger partial charge >= 0.3 is 0 Å². The van der Waals surface area contributed by atoms with Gasteiger partial charge in [0.15, 0.2) is 0 Å². The fourth-order valence-electron chi connectivity index (χ4n) is 2.74. The van der Waals surface area contributed by atoms with Crippen molar-refractivity contribution in [1.82, 2.24) is 10.0 Å². The minimum atomic E-state index is -0.335. The zero-order chi connectivity index (χ0) is 22.6. The number of unbranched alkanes of at least 4 members (excludes halogenated alkanes) is 1. The van der Waals surface area contributed by atoms with Crippen LogP contribution in [0.4, 0.5) is 0 Å². The number of amides is 1. The number of benzene rings is 2. The van der Waals surface area contributed by atoms with Crippen LogP contribution in [0.2, 0.25) is 0 Å². The number of carbonyl (C=O) groups is 1. The van der Waals surface area contributed by atoms with E-state index in [4.69, 9.17) is 4.84 Å². The molecule has 0 bridgehead atoms. The van der Waals surface area contributed by atoms with Crippen LogP contribution in [0.15, 0.2) is 65.5 Å². The van der Waals surface area contributed by atoms with E-state index in [9.17, 15) is 9.59 Å². The molecule has 0 radical (unpaired) electrons. The minimum absolute atomic E-state index is 0.199. The van der Waals surface area contributed by atoms with E-state index in [0.717, 1.165) is 22.1 Å². The number of nitrogens with one attached hydrogen (secondary N) is 1. The van der Waals surface area contributed by atoms with Crippen molar-refractivity contribution in [3.8, 4) is 0 Å². The highest BCUT2D eigenvalue weighted by Crippen LogP contribution is 2.12. The van der Waals surface area contributed by atoms with Gasteiger partial charge < -0.3 is 10.2 Å². The third-order valence-electron chi connectivity index (χ3n) is 5.13. The highest BCUT2D eigenvalue weighted by molar-refractivity contribution is 5.96. The average molecular weight is 423 g/mol. The average Bonchev–Trinajstić information content (AvgIpc) is 2.82. The van der Waals surface area contributed by atoms with Crippen molar-refractivity contribution < 1.29 is 9.63 Å². The molecule has 1 heterocycles. The molecule has 166 valence electrons. The normalized spacial score (nSPS) is 11.4. The van der Waals surface area contributed by atoms with E-state index in [-0.39, 0.29) is 23.8 Å². The molecule has 0 saturated heterocycles. The fraction of sp³-hybridized carbons (Fsp3) is 0.385. The van der Waals surface area contributed by atoms with Crippen LogP contribution < -0.4 is 15.7 Å². The standard InChI is InChI=1S/C22H24N2O3.C4H10/c1-3-16(2)14-23-21(25)20-13-18-11-7-8-12-19(18)22(26)24(20)27-15-17-9-5-4-6-10-17;1-3-4-2/h4-13,16H,3,14-15H2,1-2H3,(H,23,25);3-4H2,1-2H3. The van der Waals surface area contributed by atoms with Crippen LogP contribution in [0.1, 0.15) is 63.0 Å². The molecule has 5 nitrogen and oxygen atoms in total. The topological polar surface area (TPSA) is 60.3 Å². The lowest BCUT2D eigenvalue weighted by Crippen LogP contribution is -2.37. The summed E-state index contributed by atoms with van der Waals surface area (Å²) in [5.41, 5.74) is 0.791. The Morgan fingerprint density at radius 3 is 2.29 bits per heavy atom. The van der Waals surface area contributed by atoms with Crippen LogP contribution in [0.3, 0.4) is 0 Å². The summed E-state index contributed by atoms with van der Waals surface area (Å²) in [6.45, 7) is 9.26. The third-order valence-corrected chi connectivity index (χ3v) is 5.13. The molecule has 1 amide bonds. The van der Waals surface area contributed by atoms with Gasteiger partial charge in [-0.3, -0.25) is 9.59 Å². The number of hydrogen-bond acceptors (Lipinski definition) is 3. The van der Waals surface area contributed by atoms with Crippen molar-refractivity contribution in [3.05, 3.63) is 82.3 Å². The molecule has 3 aromatic rings. The summed E-state index contributed by atoms with van der Waals surface area (Å²) >= 11 is 0. The van der Waals surface area contributed by atoms with Gasteiger partial charge in [-0.15, -0.1) is 4.73 Å². The number of aromatic nitrogens is 1. The Kier molecular flexibility index (Phi) is 9.82. The van der Waals surface area contributed by atoms with Crippen LogP contribution >= 0.6 is 0 Å². The number of pyridine rings is 1. The summed E-state index contributed by atoms with van der Waals surface area (Å²) < 4.78 is 1.11. The van der Waals surface area contributed by atoms with Crippen LogP contribution in [0.5, 0.6) is 0 Å². The quantitative estimate of drug-likeness (QED) is 0.542. The van der Waals surface area contributed by atoms with Crippen LogP contribution in [0.25, 0.3) is 10.8 Å². The maximum Gasteiger partial charge on any atom is 0.291 e. The van der Waals surface area contributed by atoms with E-state index in [2.05, 4.69) is 33.0 Å². The zero-order valence-electron chi connectivity index (χ0n) is 19.1. The van der Waals surface area contributed by atoms with E-state index >= 15 is 0 Å². The molecule has 1 N–H and O–H groups in total. The minimum Gasteiger partial charge on any atom is -0.405 e. The summed E-state index contributed by atoms with van der Waals surface area (Å²) in [5.74, 6) is 0.0473. The van der Waals surface area contributed by atoms with Gasteiger partial charge in [0.2, 0.25) is 0 Å². The second-order valence-corrected chi connectivity index (χ2v) is 7.70. The molecule has 0 spiro atoms. The number of nitrogens with zero attached hydrogens (tertiary/aromatic N) is 1. The van der Waals surface area contributed by atoms with Gasteiger partial charge in [-0.25, -0.2) is 0 Å². The van der Waals surface area contributed by atoms with Crippen molar-refractivity contribution in [2.75, 3.05) is 6.54 Å². The Bertz CT molecular complexity index is 1010. The van der Waals surface area contributed by atoms with Crippen LogP contribution in [0, 0.1) is 5.92 Å². The Morgan fingerprint density at radius 2 is 1.65 bits per heavy atom. The molecule has 0 fully saturated rings. The van der Waals surface area contributed by atoms with Gasteiger partial charge in [-0.2, -0.15) is 0 Å². The smallest absolute Gasteiger partial charge is 0.291 e. The number of fused-ring (bicyclic) bond motifs is 1. The second kappa shape index (κ2) is 12.6. The SMILES string of the molecule is CCC(C)CNC(=O)c1cc2ccccc2c(=O)n1OCc1ccccc1.CCCC. The van der Waals surface area contributed by atoms with Gasteiger partial charge in [-0.05, 0) is 29.0 Å². The molecule has 3 rings (SSSR count). The van der Waals surface area contributed by atoms with Gasteiger partial charge in [0.25, 0.3) is 11.5 Å². The maximum atomic E-state index is 12.9. The van der Waals surface area contributed by atoms with Crippen molar-refractivity contribution in [1.29, 1.82) is 0 Å². The summed E-state index contributed by atoms with van der Waals surface area (Å²) in [5, 5.41) is 4.14. The molecule has 0 aliphatic rings. The van der Waals surface area contributed by atoms with Crippen molar-refractivity contribution in [3.63, 3.8) is 0 Å². The highest BCUT2D eigenvalue weighted by Gasteiger charge is 2.17. The van der Waals surface area contributed by atoms with Crippen molar-refractivity contribution in [2.24, 2.45) is 5.92 Å². The molecule has 5 heteroatoms. The number of rotatable bonds is 8. The molecular weight excluding hydrogens is 388 g/mol. The first kappa shape index (κ1) is 24.2. The largest absolute Gasteiger partial charge is 0.405 e. The monoisotopic (exact) mass is 422 g/mol. The summed E-state index contributed by atoms with van der Waals surface area (Å²) in [6.07, 6.45) is 3.61. The molecule has 0 aliphatic heterocycles. The van der Waals surface area contributed by atoms with Gasteiger partial charge in [-0.1, -0.05) is 95.5 Å². The number of carbonyl (C=O) groups excluding carboxylic acids is 1. The zero-order valence-corrected chi connectivity index (χ0v) is 19.1. The van der Waals surface area contributed by atoms with E-state index in [1.165, 1.54) is 12.8 Å². The Hall–Kier alpha value is -3.08. The molecule has 1 aromatic heterocycles. The fourth-order valence-corrected chi connectivity index (χ4v) is 2.74. The van der Waals surface area contributed by atoms with Gasteiger partial charge in [0.1, 0.15) is 12.3 Å². The van der Waals surface area contributed by atoms with Crippen LogP contribution in [-0.2, 0) is 6.61 Å². The predicted octanol–water partition coefficient (Wildman–Crippen LogP) is 5.21. The van der Waals surface area contributed by atoms with Gasteiger partial charge in [0, 0.05) is 6.54 Å². The first-order valence-electron chi connectivity index (χ1n) is 11.1. The van der Waals surface area contributed by atoms with E-state index < -0.39 is 0 Å². The number of hydrogen-bond donors (Lipinski definition) is 1. The molecule has 0 aliphatic carbocycles. The second-order valence-electron chi connectivity index (χ2n) is 7.70. The lowest BCUT2D eigenvalue weighted by atomic mass is 10.1. The first-order chi connectivity index (χ1) is 15.0. The van der Waals surface area contributed by atoms with Crippen LogP contribution in [-0.4, -0.2) is 17.2 Å². The molecule has 2 aromatic carbocycles. The molecular formula is C26H34N2O3. The Labute approximate surface area is 185 Å². The molecule has 0 saturated carbocycles. The van der Waals surface area contributed by atoms with E-state index in [0.29, 0.717) is 17.8 Å². The molecule has 1 atom stereocenters. The van der Waals surface area contributed by atoms with E-state index in [1.54, 1.807) is 18.2 Å². The summed E-state index contributed by atoms with van der Waals surface area (Å²) in [6, 6.07) is 18.5. The lowest BCUT2D eigenvalue weighted by Gasteiger charge is -2.16. The predicted molar refractivity (Wildman–Crippen MR) is 127 cm³/mol. The first-order valence-corrected chi connectivity index (χ1v) is 11.1.